The molecule has 0 aromatic heterocycles. The lowest BCUT2D eigenvalue weighted by atomic mass is 9.99. The number of amides is 1. The first-order chi connectivity index (χ1) is 9.75. The molecule has 3 N–H and O–H groups in total. The molecule has 0 spiro atoms. The Labute approximate surface area is 119 Å². The van der Waals surface area contributed by atoms with Gasteiger partial charge in [0.2, 0.25) is 5.91 Å². The maximum absolute atomic E-state index is 10.9. The van der Waals surface area contributed by atoms with Gasteiger partial charge in [-0.2, -0.15) is 0 Å². The molecule has 1 atom stereocenters. The van der Waals surface area contributed by atoms with Gasteiger partial charge in [-0.1, -0.05) is 60.7 Å². The normalized spacial score (nSPS) is 12.0. The smallest absolute Gasteiger partial charge is 0.218 e. The molecule has 0 aliphatic rings. The fourth-order valence-electron chi connectivity index (χ4n) is 2.21. The predicted octanol–water partition coefficient (Wildman–Crippen LogP) is 2.44. The van der Waals surface area contributed by atoms with Crippen LogP contribution < -0.4 is 11.1 Å². The summed E-state index contributed by atoms with van der Waals surface area (Å²) in [6, 6.07) is 20.8. The SMILES string of the molecule is NC(=O)CCNC(Cc1ccccc1)c1ccccc1. The minimum atomic E-state index is -0.274. The van der Waals surface area contributed by atoms with Crippen LogP contribution in [0.4, 0.5) is 0 Å². The van der Waals surface area contributed by atoms with E-state index < -0.39 is 0 Å². The molecule has 2 aromatic carbocycles. The van der Waals surface area contributed by atoms with Crippen molar-refractivity contribution in [2.24, 2.45) is 5.73 Å². The molecule has 0 saturated heterocycles. The summed E-state index contributed by atoms with van der Waals surface area (Å²) >= 11 is 0. The number of carbonyl (C=O) groups excluding carboxylic acids is 1. The summed E-state index contributed by atoms with van der Waals surface area (Å²) in [6.07, 6.45) is 1.25. The Bertz CT molecular complexity index is 525. The van der Waals surface area contributed by atoms with Gasteiger partial charge in [0, 0.05) is 19.0 Å². The van der Waals surface area contributed by atoms with Crippen LogP contribution in [0.3, 0.4) is 0 Å². The Morgan fingerprint density at radius 3 is 2.20 bits per heavy atom. The van der Waals surface area contributed by atoms with Crippen molar-refractivity contribution < 1.29 is 4.79 Å². The Morgan fingerprint density at radius 1 is 1.00 bits per heavy atom. The van der Waals surface area contributed by atoms with Gasteiger partial charge in [0.1, 0.15) is 0 Å². The third kappa shape index (κ3) is 4.52. The van der Waals surface area contributed by atoms with Crippen molar-refractivity contribution in [1.82, 2.24) is 5.32 Å². The van der Waals surface area contributed by atoms with Gasteiger partial charge in [-0.25, -0.2) is 0 Å². The number of primary amides is 1. The number of hydrogen-bond acceptors (Lipinski definition) is 2. The average Bonchev–Trinajstić information content (AvgIpc) is 2.48. The van der Waals surface area contributed by atoms with E-state index in [2.05, 4.69) is 29.6 Å². The highest BCUT2D eigenvalue weighted by molar-refractivity contribution is 5.73. The molecule has 0 saturated carbocycles. The van der Waals surface area contributed by atoms with Crippen molar-refractivity contribution >= 4 is 5.91 Å². The van der Waals surface area contributed by atoms with Crippen molar-refractivity contribution in [3.63, 3.8) is 0 Å². The second-order valence-electron chi connectivity index (χ2n) is 4.82. The van der Waals surface area contributed by atoms with Gasteiger partial charge in [0.05, 0.1) is 0 Å². The number of benzene rings is 2. The van der Waals surface area contributed by atoms with Gasteiger partial charge in [0.25, 0.3) is 0 Å². The lowest BCUT2D eigenvalue weighted by molar-refractivity contribution is -0.117. The fraction of sp³-hybridized carbons (Fsp3) is 0.235. The van der Waals surface area contributed by atoms with Crippen LogP contribution in [-0.4, -0.2) is 12.5 Å². The van der Waals surface area contributed by atoms with Crippen molar-refractivity contribution in [2.75, 3.05) is 6.54 Å². The van der Waals surface area contributed by atoms with Crippen LogP contribution in [0, 0.1) is 0 Å². The van der Waals surface area contributed by atoms with Crippen LogP contribution in [0.5, 0.6) is 0 Å². The zero-order chi connectivity index (χ0) is 14.2. The first-order valence-corrected chi connectivity index (χ1v) is 6.86. The summed E-state index contributed by atoms with van der Waals surface area (Å²) in [5, 5.41) is 3.42. The maximum atomic E-state index is 10.9. The van der Waals surface area contributed by atoms with Crippen molar-refractivity contribution in [2.45, 2.75) is 18.9 Å². The van der Waals surface area contributed by atoms with Crippen molar-refractivity contribution in [3.8, 4) is 0 Å². The Morgan fingerprint density at radius 2 is 1.60 bits per heavy atom. The summed E-state index contributed by atoms with van der Waals surface area (Å²) in [5.41, 5.74) is 7.69. The molecule has 0 heterocycles. The average molecular weight is 268 g/mol. The molecule has 20 heavy (non-hydrogen) atoms. The molecule has 104 valence electrons. The standard InChI is InChI=1S/C17H20N2O/c18-17(20)11-12-19-16(15-9-5-2-6-10-15)13-14-7-3-1-4-8-14/h1-10,16,19H,11-13H2,(H2,18,20). The quantitative estimate of drug-likeness (QED) is 0.810. The summed E-state index contributed by atoms with van der Waals surface area (Å²) in [7, 11) is 0. The number of nitrogens with two attached hydrogens (primary N) is 1. The van der Waals surface area contributed by atoms with Gasteiger partial charge in [-0.15, -0.1) is 0 Å². The van der Waals surface area contributed by atoms with Crippen molar-refractivity contribution in [1.29, 1.82) is 0 Å². The van der Waals surface area contributed by atoms with Crippen LogP contribution in [0.2, 0.25) is 0 Å². The van der Waals surface area contributed by atoms with Gasteiger partial charge in [-0.3, -0.25) is 4.79 Å². The first kappa shape index (κ1) is 14.3. The molecule has 0 radical (unpaired) electrons. The van der Waals surface area contributed by atoms with Gasteiger partial charge >= 0.3 is 0 Å². The highest BCUT2D eigenvalue weighted by Gasteiger charge is 2.11. The van der Waals surface area contributed by atoms with E-state index in [-0.39, 0.29) is 11.9 Å². The largest absolute Gasteiger partial charge is 0.370 e. The molecule has 3 nitrogen and oxygen atoms in total. The monoisotopic (exact) mass is 268 g/mol. The van der Waals surface area contributed by atoms with E-state index in [9.17, 15) is 4.79 Å². The molecule has 1 amide bonds. The number of hydrogen-bond donors (Lipinski definition) is 2. The summed E-state index contributed by atoms with van der Waals surface area (Å²) in [6.45, 7) is 0.599. The molecule has 2 rings (SSSR count). The fourth-order valence-corrected chi connectivity index (χ4v) is 2.21. The van der Waals surface area contributed by atoms with Crippen LogP contribution >= 0.6 is 0 Å². The summed E-state index contributed by atoms with van der Waals surface area (Å²) in [5.74, 6) is -0.274. The first-order valence-electron chi connectivity index (χ1n) is 6.86. The lowest BCUT2D eigenvalue weighted by Gasteiger charge is -2.19. The van der Waals surface area contributed by atoms with E-state index in [0.29, 0.717) is 13.0 Å². The van der Waals surface area contributed by atoms with E-state index in [4.69, 9.17) is 5.73 Å². The Kier molecular flexibility index (Phi) is 5.33. The highest BCUT2D eigenvalue weighted by atomic mass is 16.1. The lowest BCUT2D eigenvalue weighted by Crippen LogP contribution is -2.27. The molecule has 2 aromatic rings. The molecule has 3 heteroatoms. The number of nitrogens with one attached hydrogen (secondary N) is 1. The minimum Gasteiger partial charge on any atom is -0.370 e. The second-order valence-corrected chi connectivity index (χ2v) is 4.82. The zero-order valence-electron chi connectivity index (χ0n) is 11.5. The van der Waals surface area contributed by atoms with E-state index in [1.54, 1.807) is 0 Å². The molecular formula is C17H20N2O. The van der Waals surface area contributed by atoms with Crippen LogP contribution in [0.1, 0.15) is 23.6 Å². The highest BCUT2D eigenvalue weighted by Crippen LogP contribution is 2.18. The molecule has 0 fully saturated rings. The Balaban J connectivity index is 2.06. The number of carbonyl (C=O) groups is 1. The number of rotatable bonds is 7. The minimum absolute atomic E-state index is 0.193. The predicted molar refractivity (Wildman–Crippen MR) is 81.1 cm³/mol. The van der Waals surface area contributed by atoms with E-state index in [1.165, 1.54) is 11.1 Å². The maximum Gasteiger partial charge on any atom is 0.218 e. The van der Waals surface area contributed by atoms with E-state index >= 15 is 0 Å². The van der Waals surface area contributed by atoms with Crippen LogP contribution in [-0.2, 0) is 11.2 Å². The summed E-state index contributed by atoms with van der Waals surface area (Å²) in [4.78, 5) is 10.9. The van der Waals surface area contributed by atoms with E-state index in [1.807, 2.05) is 36.4 Å². The van der Waals surface area contributed by atoms with Crippen molar-refractivity contribution in [3.05, 3.63) is 71.8 Å². The third-order valence-corrected chi connectivity index (χ3v) is 3.25. The third-order valence-electron chi connectivity index (χ3n) is 3.25. The van der Waals surface area contributed by atoms with Gasteiger partial charge in [0.15, 0.2) is 0 Å². The Hall–Kier alpha value is -2.13. The molecule has 0 aliphatic heterocycles. The van der Waals surface area contributed by atoms with E-state index in [0.717, 1.165) is 6.42 Å². The topological polar surface area (TPSA) is 55.1 Å². The zero-order valence-corrected chi connectivity index (χ0v) is 11.5. The molecule has 0 bridgehead atoms. The molecule has 1 unspecified atom stereocenters. The molecular weight excluding hydrogens is 248 g/mol. The van der Waals surface area contributed by atoms with Crippen LogP contribution in [0.25, 0.3) is 0 Å². The molecule has 0 aliphatic carbocycles. The second kappa shape index (κ2) is 7.46. The van der Waals surface area contributed by atoms with Gasteiger partial charge < -0.3 is 11.1 Å². The summed E-state index contributed by atoms with van der Waals surface area (Å²) < 4.78 is 0. The van der Waals surface area contributed by atoms with Gasteiger partial charge in [-0.05, 0) is 17.5 Å². The van der Waals surface area contributed by atoms with Crippen LogP contribution in [0.15, 0.2) is 60.7 Å².